The molecule has 0 saturated heterocycles. The first-order chi connectivity index (χ1) is 28.1. The van der Waals surface area contributed by atoms with Crippen molar-refractivity contribution < 1.29 is 34.5 Å². The number of nitrogens with one attached hydrogen (secondary N) is 1. The van der Waals surface area contributed by atoms with Crippen molar-refractivity contribution in [1.29, 1.82) is 5.26 Å². The van der Waals surface area contributed by atoms with Crippen LogP contribution in [0.15, 0.2) is 57.8 Å². The van der Waals surface area contributed by atoms with E-state index in [0.29, 0.717) is 44.8 Å². The first-order valence-electron chi connectivity index (χ1n) is 21.6. The second kappa shape index (κ2) is 27.4. The molecule has 12 heteroatoms. The minimum absolute atomic E-state index is 0.0439. The molecule has 0 aromatic heterocycles. The van der Waals surface area contributed by atoms with Crippen LogP contribution in [0.4, 0.5) is 11.4 Å². The number of aliphatic carboxylic acids is 3. The van der Waals surface area contributed by atoms with Gasteiger partial charge in [0, 0.05) is 35.7 Å². The van der Waals surface area contributed by atoms with Gasteiger partial charge in [-0.15, -0.1) is 0 Å². The van der Waals surface area contributed by atoms with Crippen LogP contribution in [0.3, 0.4) is 0 Å². The number of benzene rings is 2. The lowest BCUT2D eigenvalue weighted by Crippen LogP contribution is -2.42. The highest BCUT2D eigenvalue weighted by atomic mass is 32.2. The molecule has 1 aliphatic rings. The molecule has 318 valence electrons. The highest BCUT2D eigenvalue weighted by Gasteiger charge is 2.27. The first kappa shape index (κ1) is 48.0. The number of hydrogen-bond acceptors (Lipinski definition) is 8. The van der Waals surface area contributed by atoms with Crippen molar-refractivity contribution in [3.8, 4) is 6.07 Å². The van der Waals surface area contributed by atoms with Crippen molar-refractivity contribution in [1.82, 2.24) is 10.2 Å². The third kappa shape index (κ3) is 17.3. The average Bonchev–Trinajstić information content (AvgIpc) is 3.20. The van der Waals surface area contributed by atoms with Crippen LogP contribution >= 0.6 is 11.8 Å². The number of carbonyl (C=O) groups is 4. The van der Waals surface area contributed by atoms with E-state index in [1.807, 2.05) is 11.0 Å². The van der Waals surface area contributed by atoms with E-state index in [2.05, 4.69) is 66.5 Å². The number of anilines is 2. The molecule has 1 aliphatic heterocycles. The van der Waals surface area contributed by atoms with E-state index in [1.165, 1.54) is 35.5 Å². The molecular weight excluding hydrogens is 753 g/mol. The van der Waals surface area contributed by atoms with Crippen molar-refractivity contribution in [3.05, 3.63) is 53.6 Å². The van der Waals surface area contributed by atoms with Crippen LogP contribution in [0.2, 0.25) is 0 Å². The molecule has 4 N–H and O–H groups in total. The summed E-state index contributed by atoms with van der Waals surface area (Å²) in [5.74, 6) is -2.63. The van der Waals surface area contributed by atoms with E-state index >= 15 is 0 Å². The SMILES string of the molecule is CCCCC(CC)CN1c2ccccc2Sc2cc(/C=C(\C#N)C(=O)NCCCCCCCCCCCN(CCCCCC(=O)O)C(CCC(=O)O)C(=O)O)ccc21. The van der Waals surface area contributed by atoms with Gasteiger partial charge in [-0.2, -0.15) is 5.26 Å². The lowest BCUT2D eigenvalue weighted by Gasteiger charge is -2.35. The average molecular weight is 819 g/mol. The summed E-state index contributed by atoms with van der Waals surface area (Å²) in [5.41, 5.74) is 3.33. The fourth-order valence-electron chi connectivity index (χ4n) is 7.52. The number of para-hydroxylation sites is 1. The summed E-state index contributed by atoms with van der Waals surface area (Å²) in [4.78, 5) is 53.5. The Morgan fingerprint density at radius 2 is 1.40 bits per heavy atom. The quantitative estimate of drug-likeness (QED) is 0.0324. The van der Waals surface area contributed by atoms with Crippen molar-refractivity contribution in [2.45, 2.75) is 152 Å². The normalized spacial score (nSPS) is 13.3. The fraction of sp³-hybridized carbons (Fsp3) is 0.587. The summed E-state index contributed by atoms with van der Waals surface area (Å²) >= 11 is 1.73. The van der Waals surface area contributed by atoms with Gasteiger partial charge in [-0.3, -0.25) is 24.1 Å². The van der Waals surface area contributed by atoms with Gasteiger partial charge in [0.2, 0.25) is 0 Å². The van der Waals surface area contributed by atoms with Crippen LogP contribution in [0.25, 0.3) is 6.08 Å². The molecule has 0 radical (unpaired) electrons. The van der Waals surface area contributed by atoms with Gasteiger partial charge in [0.1, 0.15) is 17.7 Å². The van der Waals surface area contributed by atoms with Crippen molar-refractivity contribution in [2.24, 2.45) is 5.92 Å². The maximum atomic E-state index is 13.0. The first-order valence-corrected chi connectivity index (χ1v) is 22.4. The predicted molar refractivity (Wildman–Crippen MR) is 231 cm³/mol. The number of nitriles is 1. The highest BCUT2D eigenvalue weighted by molar-refractivity contribution is 7.99. The van der Waals surface area contributed by atoms with Gasteiger partial charge in [-0.05, 0) is 93.4 Å². The van der Waals surface area contributed by atoms with Gasteiger partial charge in [-0.1, -0.05) is 114 Å². The summed E-state index contributed by atoms with van der Waals surface area (Å²) in [6.45, 7) is 7.07. The molecule has 3 rings (SSSR count). The van der Waals surface area contributed by atoms with Crippen LogP contribution in [-0.4, -0.2) is 76.3 Å². The minimum Gasteiger partial charge on any atom is -0.481 e. The van der Waals surface area contributed by atoms with E-state index in [-0.39, 0.29) is 30.7 Å². The van der Waals surface area contributed by atoms with E-state index in [1.54, 1.807) is 17.8 Å². The van der Waals surface area contributed by atoms with Gasteiger partial charge in [-0.25, -0.2) is 0 Å². The summed E-state index contributed by atoms with van der Waals surface area (Å²) in [6, 6.07) is 16.0. The highest BCUT2D eigenvalue weighted by Crippen LogP contribution is 2.49. The zero-order chi connectivity index (χ0) is 42.1. The number of unbranched alkanes of at least 4 members (excludes halogenated alkanes) is 11. The fourth-order valence-corrected chi connectivity index (χ4v) is 8.66. The molecule has 2 aromatic rings. The molecule has 0 fully saturated rings. The van der Waals surface area contributed by atoms with Gasteiger partial charge >= 0.3 is 17.9 Å². The topological polar surface area (TPSA) is 171 Å². The number of rotatable bonds is 31. The molecule has 0 spiro atoms. The number of hydrogen-bond donors (Lipinski definition) is 4. The lowest BCUT2D eigenvalue weighted by molar-refractivity contribution is -0.144. The van der Waals surface area contributed by atoms with Crippen molar-refractivity contribution in [2.75, 3.05) is 31.1 Å². The van der Waals surface area contributed by atoms with Crippen LogP contribution in [0, 0.1) is 17.2 Å². The molecule has 2 unspecified atom stereocenters. The van der Waals surface area contributed by atoms with E-state index in [0.717, 1.165) is 81.2 Å². The van der Waals surface area contributed by atoms with E-state index in [9.17, 15) is 29.5 Å². The van der Waals surface area contributed by atoms with Crippen LogP contribution in [0.5, 0.6) is 0 Å². The maximum Gasteiger partial charge on any atom is 0.320 e. The molecule has 11 nitrogen and oxygen atoms in total. The molecule has 0 saturated carbocycles. The van der Waals surface area contributed by atoms with Gasteiger partial charge in [0.05, 0.1) is 11.4 Å². The summed E-state index contributed by atoms with van der Waals surface area (Å²) < 4.78 is 0. The van der Waals surface area contributed by atoms with E-state index in [4.69, 9.17) is 10.2 Å². The molecule has 58 heavy (non-hydrogen) atoms. The third-order valence-corrected chi connectivity index (χ3v) is 12.0. The Balaban J connectivity index is 1.38. The Morgan fingerprint density at radius 1 is 0.776 bits per heavy atom. The molecule has 2 atom stereocenters. The lowest BCUT2D eigenvalue weighted by atomic mass is 9.98. The number of amides is 1. The number of carboxylic acid groups (broad SMARTS) is 3. The standard InChI is InChI=1S/C46H66N4O7S/c1-3-5-20-35(4-2)34-50-38-21-15-16-22-41(38)58-42-32-36(24-25-39(42)50)31-37(33-47)45(55)48-28-17-11-9-7-6-8-10-12-18-29-49(30-19-13-14-23-43(51)52)40(46(56)57)26-27-44(53)54/h15-16,21-22,24-25,31-32,35,40H,3-14,17-20,23,26-30,34H2,1-2H3,(H,48,55)(H,51,52)(H,53,54)(H,56,57)/b37-31+. The van der Waals surface area contributed by atoms with Crippen LogP contribution < -0.4 is 10.2 Å². The molecule has 1 heterocycles. The van der Waals surface area contributed by atoms with Crippen molar-refractivity contribution in [3.63, 3.8) is 0 Å². The third-order valence-electron chi connectivity index (χ3n) is 10.9. The molecule has 0 aliphatic carbocycles. The van der Waals surface area contributed by atoms with Crippen molar-refractivity contribution >= 4 is 53.0 Å². The smallest absolute Gasteiger partial charge is 0.320 e. The molecular formula is C46H66N4O7S. The number of carboxylic acids is 3. The zero-order valence-corrected chi connectivity index (χ0v) is 35.6. The van der Waals surface area contributed by atoms with Crippen LogP contribution in [0.1, 0.15) is 141 Å². The Kier molecular flexibility index (Phi) is 22.7. The minimum atomic E-state index is -1.02. The van der Waals surface area contributed by atoms with Gasteiger partial charge < -0.3 is 25.5 Å². The predicted octanol–water partition coefficient (Wildman–Crippen LogP) is 10.3. The number of fused-ring (bicyclic) bond motifs is 2. The molecule has 2 aromatic carbocycles. The van der Waals surface area contributed by atoms with Crippen LogP contribution in [-0.2, 0) is 19.2 Å². The summed E-state index contributed by atoms with van der Waals surface area (Å²) in [7, 11) is 0. The summed E-state index contributed by atoms with van der Waals surface area (Å²) in [6.07, 6.45) is 17.2. The monoisotopic (exact) mass is 818 g/mol. The maximum absolute atomic E-state index is 13.0. The zero-order valence-electron chi connectivity index (χ0n) is 34.8. The second-order valence-corrected chi connectivity index (χ2v) is 16.5. The van der Waals surface area contributed by atoms with E-state index < -0.39 is 23.9 Å². The number of carbonyl (C=O) groups excluding carboxylic acids is 1. The molecule has 1 amide bonds. The Bertz CT molecular complexity index is 1680. The molecule has 0 bridgehead atoms. The summed E-state index contributed by atoms with van der Waals surface area (Å²) in [5, 5.41) is 40.5. The second-order valence-electron chi connectivity index (χ2n) is 15.5. The Morgan fingerprint density at radius 3 is 2.02 bits per heavy atom. The Labute approximate surface area is 350 Å². The largest absolute Gasteiger partial charge is 0.481 e. The van der Waals surface area contributed by atoms with Gasteiger partial charge in [0.15, 0.2) is 0 Å². The number of nitrogens with zero attached hydrogens (tertiary/aromatic N) is 3. The Hall–Kier alpha value is -4.34. The van der Waals surface area contributed by atoms with Gasteiger partial charge in [0.25, 0.3) is 5.91 Å².